The topological polar surface area (TPSA) is 38.5 Å². The average molecular weight is 254 g/mol. The van der Waals surface area contributed by atoms with Crippen LogP contribution in [0.5, 0.6) is 0 Å². The Morgan fingerprint density at radius 2 is 1.78 bits per heavy atom. The van der Waals surface area contributed by atoms with E-state index in [-0.39, 0.29) is 5.60 Å². The lowest BCUT2D eigenvalue weighted by Crippen LogP contribution is -2.52. The molecule has 0 aromatic rings. The van der Waals surface area contributed by atoms with Gasteiger partial charge < -0.3 is 10.5 Å². The van der Waals surface area contributed by atoms with Crippen molar-refractivity contribution >= 4 is 0 Å². The van der Waals surface area contributed by atoms with Crippen molar-refractivity contribution in [1.82, 2.24) is 4.90 Å². The predicted octanol–water partition coefficient (Wildman–Crippen LogP) is 2.40. The van der Waals surface area contributed by atoms with Gasteiger partial charge in [-0.2, -0.15) is 0 Å². The van der Waals surface area contributed by atoms with Crippen LogP contribution in [0, 0.1) is 5.41 Å². The van der Waals surface area contributed by atoms with Crippen LogP contribution < -0.4 is 5.73 Å². The normalized spacial score (nSPS) is 28.8. The molecule has 0 atom stereocenters. The highest BCUT2D eigenvalue weighted by Crippen LogP contribution is 2.35. The van der Waals surface area contributed by atoms with Crippen LogP contribution in [0.1, 0.15) is 52.4 Å². The second kappa shape index (κ2) is 5.89. The molecule has 1 aliphatic heterocycles. The summed E-state index contributed by atoms with van der Waals surface area (Å²) in [6.07, 6.45) is 8.17. The molecule has 3 nitrogen and oxygen atoms in total. The second-order valence-electron chi connectivity index (χ2n) is 6.94. The van der Waals surface area contributed by atoms with Crippen molar-refractivity contribution in [2.24, 2.45) is 11.1 Å². The van der Waals surface area contributed by atoms with Crippen molar-refractivity contribution in [3.63, 3.8) is 0 Å². The summed E-state index contributed by atoms with van der Waals surface area (Å²) in [5.74, 6) is 0. The Morgan fingerprint density at radius 3 is 2.33 bits per heavy atom. The summed E-state index contributed by atoms with van der Waals surface area (Å²) in [4.78, 5) is 2.58. The van der Waals surface area contributed by atoms with Crippen molar-refractivity contribution in [3.05, 3.63) is 0 Å². The fraction of sp³-hybridized carbons (Fsp3) is 1.00. The standard InChI is InChI=1S/C15H30N2O/c1-14(2)12-17(9-10-18-14)13-15(11-16)7-5-3-4-6-8-15/h3-13,16H2,1-2H3. The van der Waals surface area contributed by atoms with E-state index in [1.165, 1.54) is 45.1 Å². The first-order valence-corrected chi connectivity index (χ1v) is 7.62. The van der Waals surface area contributed by atoms with E-state index in [0.717, 1.165) is 26.2 Å². The summed E-state index contributed by atoms with van der Waals surface area (Å²) in [6.45, 7) is 9.41. The van der Waals surface area contributed by atoms with Crippen LogP contribution in [0.2, 0.25) is 0 Å². The largest absolute Gasteiger partial charge is 0.373 e. The molecule has 0 amide bonds. The van der Waals surface area contributed by atoms with Crippen LogP contribution in [0.15, 0.2) is 0 Å². The van der Waals surface area contributed by atoms with Gasteiger partial charge in [0.05, 0.1) is 12.2 Å². The van der Waals surface area contributed by atoms with E-state index in [2.05, 4.69) is 18.7 Å². The summed E-state index contributed by atoms with van der Waals surface area (Å²) in [5, 5.41) is 0. The van der Waals surface area contributed by atoms with E-state index in [1.54, 1.807) is 0 Å². The van der Waals surface area contributed by atoms with Crippen LogP contribution in [0.25, 0.3) is 0 Å². The van der Waals surface area contributed by atoms with Gasteiger partial charge in [0.25, 0.3) is 0 Å². The van der Waals surface area contributed by atoms with E-state index >= 15 is 0 Å². The first-order valence-electron chi connectivity index (χ1n) is 7.62. The van der Waals surface area contributed by atoms with Gasteiger partial charge in [-0.1, -0.05) is 25.7 Å². The fourth-order valence-electron chi connectivity index (χ4n) is 3.63. The van der Waals surface area contributed by atoms with E-state index in [4.69, 9.17) is 10.5 Å². The number of nitrogens with zero attached hydrogens (tertiary/aromatic N) is 1. The van der Waals surface area contributed by atoms with Crippen LogP contribution in [0.4, 0.5) is 0 Å². The van der Waals surface area contributed by atoms with Gasteiger partial charge >= 0.3 is 0 Å². The minimum atomic E-state index is 0.0127. The minimum absolute atomic E-state index is 0.0127. The fourth-order valence-corrected chi connectivity index (χ4v) is 3.63. The van der Waals surface area contributed by atoms with E-state index in [0.29, 0.717) is 5.41 Å². The van der Waals surface area contributed by atoms with Gasteiger partial charge in [0, 0.05) is 19.6 Å². The predicted molar refractivity (Wildman–Crippen MR) is 75.7 cm³/mol. The van der Waals surface area contributed by atoms with E-state index in [1.807, 2.05) is 0 Å². The Hall–Kier alpha value is -0.120. The molecule has 18 heavy (non-hydrogen) atoms. The third kappa shape index (κ3) is 3.69. The molecule has 1 saturated carbocycles. The lowest BCUT2D eigenvalue weighted by atomic mass is 9.79. The van der Waals surface area contributed by atoms with Crippen molar-refractivity contribution in [2.45, 2.75) is 58.0 Å². The Labute approximate surface area is 112 Å². The molecule has 2 rings (SSSR count). The molecule has 106 valence electrons. The maximum Gasteiger partial charge on any atom is 0.0753 e. The molecule has 2 aliphatic rings. The highest BCUT2D eigenvalue weighted by atomic mass is 16.5. The first-order chi connectivity index (χ1) is 8.55. The highest BCUT2D eigenvalue weighted by Gasteiger charge is 2.35. The van der Waals surface area contributed by atoms with Gasteiger partial charge in [-0.15, -0.1) is 0 Å². The zero-order chi connectivity index (χ0) is 13.1. The summed E-state index contributed by atoms with van der Waals surface area (Å²) < 4.78 is 5.80. The second-order valence-corrected chi connectivity index (χ2v) is 6.94. The molecule has 1 saturated heterocycles. The lowest BCUT2D eigenvalue weighted by molar-refractivity contribution is -0.0948. The van der Waals surface area contributed by atoms with Gasteiger partial charge in [-0.05, 0) is 38.6 Å². The van der Waals surface area contributed by atoms with Gasteiger partial charge in [0.1, 0.15) is 0 Å². The highest BCUT2D eigenvalue weighted by molar-refractivity contribution is 4.89. The third-order valence-corrected chi connectivity index (χ3v) is 4.66. The van der Waals surface area contributed by atoms with Crippen LogP contribution >= 0.6 is 0 Å². The molecular formula is C15H30N2O. The summed E-state index contributed by atoms with van der Waals surface area (Å²) in [7, 11) is 0. The molecule has 0 radical (unpaired) electrons. The van der Waals surface area contributed by atoms with Crippen molar-refractivity contribution in [3.8, 4) is 0 Å². The molecule has 0 bridgehead atoms. The minimum Gasteiger partial charge on any atom is -0.373 e. The van der Waals surface area contributed by atoms with Gasteiger partial charge in [-0.25, -0.2) is 0 Å². The Morgan fingerprint density at radius 1 is 1.11 bits per heavy atom. The van der Waals surface area contributed by atoms with Crippen LogP contribution in [-0.2, 0) is 4.74 Å². The Balaban J connectivity index is 1.96. The molecule has 0 unspecified atom stereocenters. The van der Waals surface area contributed by atoms with Crippen molar-refractivity contribution in [1.29, 1.82) is 0 Å². The molecule has 1 heterocycles. The summed E-state index contributed by atoms with van der Waals surface area (Å²) in [6, 6.07) is 0. The van der Waals surface area contributed by atoms with Crippen LogP contribution in [0.3, 0.4) is 0 Å². The van der Waals surface area contributed by atoms with Gasteiger partial charge in [0.2, 0.25) is 0 Å². The number of hydrogen-bond donors (Lipinski definition) is 1. The molecular weight excluding hydrogens is 224 g/mol. The van der Waals surface area contributed by atoms with E-state index in [9.17, 15) is 0 Å². The van der Waals surface area contributed by atoms with E-state index < -0.39 is 0 Å². The lowest BCUT2D eigenvalue weighted by Gasteiger charge is -2.43. The molecule has 0 spiro atoms. The number of rotatable bonds is 3. The van der Waals surface area contributed by atoms with Gasteiger partial charge in [0.15, 0.2) is 0 Å². The molecule has 0 aromatic heterocycles. The molecule has 2 N–H and O–H groups in total. The van der Waals surface area contributed by atoms with Crippen LogP contribution in [-0.4, -0.2) is 43.3 Å². The monoisotopic (exact) mass is 254 g/mol. The Bertz CT molecular complexity index is 257. The third-order valence-electron chi connectivity index (χ3n) is 4.66. The molecule has 1 aliphatic carbocycles. The van der Waals surface area contributed by atoms with Crippen molar-refractivity contribution in [2.75, 3.05) is 32.8 Å². The quantitative estimate of drug-likeness (QED) is 0.786. The average Bonchev–Trinajstić information content (AvgIpc) is 2.54. The SMILES string of the molecule is CC1(C)CN(CC2(CN)CCCCCC2)CCO1. The number of hydrogen-bond acceptors (Lipinski definition) is 3. The number of morpholine rings is 1. The van der Waals surface area contributed by atoms with Gasteiger partial charge in [-0.3, -0.25) is 4.90 Å². The molecule has 3 heteroatoms. The van der Waals surface area contributed by atoms with Crippen molar-refractivity contribution < 1.29 is 4.74 Å². The first kappa shape index (κ1) is 14.3. The number of ether oxygens (including phenoxy) is 1. The number of nitrogens with two attached hydrogens (primary N) is 1. The smallest absolute Gasteiger partial charge is 0.0753 e. The summed E-state index contributed by atoms with van der Waals surface area (Å²) in [5.41, 5.74) is 6.53. The summed E-state index contributed by atoms with van der Waals surface area (Å²) >= 11 is 0. The Kier molecular flexibility index (Phi) is 4.68. The zero-order valence-corrected chi connectivity index (χ0v) is 12.2. The maximum atomic E-state index is 6.13. The zero-order valence-electron chi connectivity index (χ0n) is 12.2. The maximum absolute atomic E-state index is 6.13. The molecule has 0 aromatic carbocycles. The molecule has 2 fully saturated rings.